The van der Waals surface area contributed by atoms with Crippen LogP contribution in [-0.2, 0) is 6.54 Å². The molecule has 30 heavy (non-hydrogen) atoms. The van der Waals surface area contributed by atoms with Crippen LogP contribution in [0.2, 0.25) is 10.0 Å². The zero-order chi connectivity index (χ0) is 21.7. The van der Waals surface area contributed by atoms with Gasteiger partial charge in [0.05, 0.1) is 26.8 Å². The lowest BCUT2D eigenvalue weighted by molar-refractivity contribution is -0.384. The maximum absolute atomic E-state index is 12.6. The summed E-state index contributed by atoms with van der Waals surface area (Å²) < 4.78 is 0. The highest BCUT2D eigenvalue weighted by Gasteiger charge is 2.18. The average Bonchev–Trinajstić information content (AvgIpc) is 2.72. The lowest BCUT2D eigenvalue weighted by Gasteiger charge is -2.12. The van der Waals surface area contributed by atoms with Gasteiger partial charge in [0, 0.05) is 23.7 Å². The van der Waals surface area contributed by atoms with E-state index in [4.69, 9.17) is 23.2 Å². The summed E-state index contributed by atoms with van der Waals surface area (Å²) in [5.41, 5.74) is 1.19. The van der Waals surface area contributed by atoms with Crippen molar-refractivity contribution in [1.29, 1.82) is 0 Å². The van der Waals surface area contributed by atoms with Crippen LogP contribution >= 0.6 is 23.2 Å². The van der Waals surface area contributed by atoms with Gasteiger partial charge in [-0.3, -0.25) is 19.7 Å². The van der Waals surface area contributed by atoms with Crippen molar-refractivity contribution < 1.29 is 14.5 Å². The average molecular weight is 444 g/mol. The fourth-order valence-electron chi connectivity index (χ4n) is 2.71. The van der Waals surface area contributed by atoms with Gasteiger partial charge in [-0.05, 0) is 35.9 Å². The summed E-state index contributed by atoms with van der Waals surface area (Å²) in [5, 5.41) is 16.7. The van der Waals surface area contributed by atoms with E-state index in [2.05, 4.69) is 10.6 Å². The molecule has 9 heteroatoms. The molecule has 152 valence electrons. The number of para-hydroxylation sites is 1. The molecule has 0 atom stereocenters. The molecule has 0 unspecified atom stereocenters. The summed E-state index contributed by atoms with van der Waals surface area (Å²) in [7, 11) is 0. The summed E-state index contributed by atoms with van der Waals surface area (Å²) in [5.74, 6) is -0.981. The fraction of sp³-hybridized carbons (Fsp3) is 0.0476. The van der Waals surface area contributed by atoms with Gasteiger partial charge in [-0.2, -0.15) is 0 Å². The van der Waals surface area contributed by atoms with Crippen LogP contribution in [0.4, 0.5) is 11.4 Å². The number of nitrogens with zero attached hydrogens (tertiary/aromatic N) is 1. The zero-order valence-electron chi connectivity index (χ0n) is 15.4. The van der Waals surface area contributed by atoms with Gasteiger partial charge in [-0.15, -0.1) is 0 Å². The Morgan fingerprint density at radius 3 is 2.37 bits per heavy atom. The number of halogens is 2. The summed E-state index contributed by atoms with van der Waals surface area (Å²) in [4.78, 5) is 35.4. The molecule has 0 aliphatic heterocycles. The molecule has 0 bridgehead atoms. The van der Waals surface area contributed by atoms with Gasteiger partial charge in [0.25, 0.3) is 17.5 Å². The van der Waals surface area contributed by atoms with Crippen LogP contribution in [0.25, 0.3) is 0 Å². The number of non-ortho nitro benzene ring substituents is 1. The summed E-state index contributed by atoms with van der Waals surface area (Å²) in [6.07, 6.45) is 0. The van der Waals surface area contributed by atoms with Crippen molar-refractivity contribution in [3.63, 3.8) is 0 Å². The van der Waals surface area contributed by atoms with Crippen molar-refractivity contribution >= 4 is 46.4 Å². The Morgan fingerprint density at radius 1 is 0.900 bits per heavy atom. The van der Waals surface area contributed by atoms with E-state index in [0.29, 0.717) is 5.02 Å². The summed E-state index contributed by atoms with van der Waals surface area (Å²) in [6.45, 7) is 0.260. The highest BCUT2D eigenvalue weighted by atomic mass is 35.5. The van der Waals surface area contributed by atoms with Crippen molar-refractivity contribution in [2.75, 3.05) is 5.32 Å². The topological polar surface area (TPSA) is 101 Å². The molecule has 3 rings (SSSR count). The number of nitrogens with one attached hydrogen (secondary N) is 2. The minimum absolute atomic E-state index is 0.0522. The molecule has 0 fully saturated rings. The quantitative estimate of drug-likeness (QED) is 0.409. The Morgan fingerprint density at radius 2 is 1.67 bits per heavy atom. The van der Waals surface area contributed by atoms with Crippen LogP contribution in [0.5, 0.6) is 0 Å². The van der Waals surface area contributed by atoms with Crippen molar-refractivity contribution in [3.8, 4) is 0 Å². The lowest BCUT2D eigenvalue weighted by Crippen LogP contribution is -2.25. The van der Waals surface area contributed by atoms with E-state index in [-0.39, 0.29) is 40.0 Å². The molecule has 0 aliphatic rings. The number of anilines is 1. The molecule has 2 N–H and O–H groups in total. The number of benzene rings is 3. The SMILES string of the molecule is O=C(Nc1ccccc1C(=O)NCc1cccc(Cl)c1)c1ccc([N+](=O)[O-])cc1Cl. The Kier molecular flexibility index (Phi) is 6.66. The first-order chi connectivity index (χ1) is 14.3. The number of carbonyl (C=O) groups is 2. The smallest absolute Gasteiger partial charge is 0.270 e. The first-order valence-corrected chi connectivity index (χ1v) is 9.47. The minimum atomic E-state index is -0.604. The van der Waals surface area contributed by atoms with E-state index in [1.54, 1.807) is 42.5 Å². The Balaban J connectivity index is 1.75. The second-order valence-corrected chi connectivity index (χ2v) is 7.08. The second kappa shape index (κ2) is 9.39. The normalized spacial score (nSPS) is 10.3. The number of hydrogen-bond acceptors (Lipinski definition) is 4. The standard InChI is InChI=1S/C21H15Cl2N3O4/c22-14-5-3-4-13(10-14)12-24-20(27)17-6-1-2-7-19(17)25-21(28)16-9-8-15(26(29)30)11-18(16)23/h1-11H,12H2,(H,24,27)(H,25,28). The minimum Gasteiger partial charge on any atom is -0.348 e. The highest BCUT2D eigenvalue weighted by Crippen LogP contribution is 2.24. The third-order valence-electron chi connectivity index (χ3n) is 4.17. The number of nitro groups is 1. The molecule has 2 amide bonds. The maximum Gasteiger partial charge on any atom is 0.270 e. The predicted molar refractivity (Wildman–Crippen MR) is 115 cm³/mol. The third kappa shape index (κ3) is 5.14. The molecule has 3 aromatic rings. The van der Waals surface area contributed by atoms with Gasteiger partial charge in [0.2, 0.25) is 0 Å². The van der Waals surface area contributed by atoms with Crippen molar-refractivity contribution in [2.24, 2.45) is 0 Å². The lowest BCUT2D eigenvalue weighted by atomic mass is 10.1. The molecule has 3 aromatic carbocycles. The van der Waals surface area contributed by atoms with E-state index < -0.39 is 10.8 Å². The van der Waals surface area contributed by atoms with Gasteiger partial charge < -0.3 is 10.6 Å². The molecule has 0 aromatic heterocycles. The van der Waals surface area contributed by atoms with Crippen molar-refractivity contribution in [2.45, 2.75) is 6.54 Å². The third-order valence-corrected chi connectivity index (χ3v) is 4.72. The van der Waals surface area contributed by atoms with Crippen molar-refractivity contribution in [3.05, 3.63) is 104 Å². The Labute approximate surface area is 181 Å². The summed E-state index contributed by atoms with van der Waals surface area (Å²) in [6, 6.07) is 17.1. The molecule has 0 aliphatic carbocycles. The predicted octanol–water partition coefficient (Wildman–Crippen LogP) is 5.08. The number of hydrogen-bond donors (Lipinski definition) is 2. The van der Waals surface area contributed by atoms with E-state index in [9.17, 15) is 19.7 Å². The first kappa shape index (κ1) is 21.3. The van der Waals surface area contributed by atoms with E-state index >= 15 is 0 Å². The van der Waals surface area contributed by atoms with E-state index in [1.165, 1.54) is 12.1 Å². The van der Waals surface area contributed by atoms with E-state index in [1.807, 2.05) is 6.07 Å². The van der Waals surface area contributed by atoms with E-state index in [0.717, 1.165) is 11.6 Å². The number of nitro benzene ring substituents is 1. The number of rotatable bonds is 6. The van der Waals surface area contributed by atoms with Crippen LogP contribution in [-0.4, -0.2) is 16.7 Å². The zero-order valence-corrected chi connectivity index (χ0v) is 16.9. The van der Waals surface area contributed by atoms with Crippen LogP contribution in [0.1, 0.15) is 26.3 Å². The number of carbonyl (C=O) groups excluding carboxylic acids is 2. The van der Waals surface area contributed by atoms with Gasteiger partial charge >= 0.3 is 0 Å². The monoisotopic (exact) mass is 443 g/mol. The largest absolute Gasteiger partial charge is 0.348 e. The van der Waals surface area contributed by atoms with Gasteiger partial charge in [-0.1, -0.05) is 47.5 Å². The van der Waals surface area contributed by atoms with Gasteiger partial charge in [0.15, 0.2) is 0 Å². The Bertz CT molecular complexity index is 1130. The molecule has 0 heterocycles. The maximum atomic E-state index is 12.6. The van der Waals surface area contributed by atoms with Crippen molar-refractivity contribution in [1.82, 2.24) is 5.32 Å². The van der Waals surface area contributed by atoms with Gasteiger partial charge in [0.1, 0.15) is 0 Å². The molecule has 0 radical (unpaired) electrons. The van der Waals surface area contributed by atoms with Crippen LogP contribution in [0.3, 0.4) is 0 Å². The Hall–Kier alpha value is -3.42. The molecule has 0 saturated heterocycles. The van der Waals surface area contributed by atoms with Crippen LogP contribution < -0.4 is 10.6 Å². The fourth-order valence-corrected chi connectivity index (χ4v) is 3.18. The molecule has 7 nitrogen and oxygen atoms in total. The first-order valence-electron chi connectivity index (χ1n) is 8.72. The molecule has 0 spiro atoms. The highest BCUT2D eigenvalue weighted by molar-refractivity contribution is 6.34. The summed E-state index contributed by atoms with van der Waals surface area (Å²) >= 11 is 12.0. The van der Waals surface area contributed by atoms with Crippen LogP contribution in [0.15, 0.2) is 66.7 Å². The van der Waals surface area contributed by atoms with Gasteiger partial charge in [-0.25, -0.2) is 0 Å². The number of amides is 2. The molecular formula is C21H15Cl2N3O4. The molecule has 0 saturated carbocycles. The van der Waals surface area contributed by atoms with Crippen LogP contribution in [0, 0.1) is 10.1 Å². The molecular weight excluding hydrogens is 429 g/mol. The second-order valence-electron chi connectivity index (χ2n) is 6.23.